The van der Waals surface area contributed by atoms with Crippen molar-refractivity contribution in [2.24, 2.45) is 0 Å². The fraction of sp³-hybridized carbons (Fsp3) is 0.357. The van der Waals surface area contributed by atoms with Crippen LogP contribution < -0.4 is 15.4 Å². The number of hydrogen-bond donors (Lipinski definition) is 3. The largest absolute Gasteiger partial charge is 0.480 e. The zero-order valence-corrected chi connectivity index (χ0v) is 12.9. The molecule has 0 spiro atoms. The van der Waals surface area contributed by atoms with E-state index < -0.39 is 29.9 Å². The molecule has 1 aromatic carbocycles. The molecule has 0 bridgehead atoms. The number of hydrogen-bond acceptors (Lipinski definition) is 4. The third kappa shape index (κ3) is 6.01. The van der Waals surface area contributed by atoms with E-state index in [1.54, 1.807) is 38.1 Å². The highest BCUT2D eigenvalue weighted by atomic mass is 35.5. The van der Waals surface area contributed by atoms with Crippen molar-refractivity contribution in [1.82, 2.24) is 10.6 Å². The minimum absolute atomic E-state index is 0.334. The van der Waals surface area contributed by atoms with Gasteiger partial charge in [0.05, 0.1) is 6.54 Å². The predicted molar refractivity (Wildman–Crippen MR) is 79.8 cm³/mol. The third-order valence-corrected chi connectivity index (χ3v) is 2.83. The van der Waals surface area contributed by atoms with Crippen molar-refractivity contribution in [2.75, 3.05) is 13.1 Å². The molecular formula is C14H17ClN2O5. The van der Waals surface area contributed by atoms with Gasteiger partial charge in [-0.25, -0.2) is 0 Å². The van der Waals surface area contributed by atoms with Crippen molar-refractivity contribution < 1.29 is 24.2 Å². The Morgan fingerprint density at radius 2 is 1.73 bits per heavy atom. The lowest BCUT2D eigenvalue weighted by Gasteiger charge is -2.25. The van der Waals surface area contributed by atoms with Gasteiger partial charge in [0.25, 0.3) is 5.91 Å². The second-order valence-electron chi connectivity index (χ2n) is 4.92. The highest BCUT2D eigenvalue weighted by molar-refractivity contribution is 6.30. The molecule has 0 fully saturated rings. The first-order valence-corrected chi connectivity index (χ1v) is 6.80. The number of rotatable bonds is 7. The van der Waals surface area contributed by atoms with Crippen LogP contribution in [-0.4, -0.2) is 41.6 Å². The third-order valence-electron chi connectivity index (χ3n) is 2.58. The molecule has 8 heteroatoms. The summed E-state index contributed by atoms with van der Waals surface area (Å²) in [6, 6.07) is 6.50. The normalized spacial score (nSPS) is 10.7. The number of ether oxygens (including phenoxy) is 1. The van der Waals surface area contributed by atoms with Crippen LogP contribution >= 0.6 is 11.6 Å². The summed E-state index contributed by atoms with van der Waals surface area (Å²) in [5.41, 5.74) is -1.21. The predicted octanol–water partition coefficient (Wildman–Crippen LogP) is 0.814. The molecule has 0 radical (unpaired) electrons. The highest BCUT2D eigenvalue weighted by Crippen LogP contribution is 2.20. The van der Waals surface area contributed by atoms with Crippen LogP contribution in [0.25, 0.3) is 0 Å². The molecule has 1 rings (SSSR count). The Morgan fingerprint density at radius 1 is 1.14 bits per heavy atom. The summed E-state index contributed by atoms with van der Waals surface area (Å²) in [5, 5.41) is 13.5. The van der Waals surface area contributed by atoms with Crippen LogP contribution in [0.5, 0.6) is 5.75 Å². The lowest BCUT2D eigenvalue weighted by molar-refractivity contribution is -0.138. The summed E-state index contributed by atoms with van der Waals surface area (Å²) >= 11 is 5.76. The Labute approximate surface area is 132 Å². The number of aliphatic carboxylic acids is 1. The molecule has 22 heavy (non-hydrogen) atoms. The van der Waals surface area contributed by atoms with E-state index in [4.69, 9.17) is 21.4 Å². The average Bonchev–Trinajstić information content (AvgIpc) is 2.44. The van der Waals surface area contributed by atoms with Gasteiger partial charge in [-0.3, -0.25) is 14.4 Å². The zero-order valence-electron chi connectivity index (χ0n) is 12.2. The van der Waals surface area contributed by atoms with E-state index in [0.29, 0.717) is 10.8 Å². The van der Waals surface area contributed by atoms with Gasteiger partial charge in [-0.05, 0) is 38.1 Å². The van der Waals surface area contributed by atoms with Gasteiger partial charge in [0.1, 0.15) is 12.3 Å². The van der Waals surface area contributed by atoms with Crippen LogP contribution in [0.1, 0.15) is 13.8 Å². The Kier molecular flexibility index (Phi) is 6.18. The fourth-order valence-electron chi connectivity index (χ4n) is 1.45. The molecule has 7 nitrogen and oxygen atoms in total. The average molecular weight is 329 g/mol. The summed E-state index contributed by atoms with van der Waals surface area (Å²) in [4.78, 5) is 33.6. The lowest BCUT2D eigenvalue weighted by atomic mass is 10.1. The van der Waals surface area contributed by atoms with Crippen molar-refractivity contribution in [1.29, 1.82) is 0 Å². The maximum absolute atomic E-state index is 12.0. The zero-order chi connectivity index (χ0) is 16.8. The Morgan fingerprint density at radius 3 is 2.27 bits per heavy atom. The lowest BCUT2D eigenvalue weighted by Crippen LogP contribution is -2.49. The molecule has 0 unspecified atom stereocenters. The van der Waals surface area contributed by atoms with E-state index in [1.807, 2.05) is 0 Å². The van der Waals surface area contributed by atoms with Crippen LogP contribution in [0.3, 0.4) is 0 Å². The van der Waals surface area contributed by atoms with Crippen molar-refractivity contribution in [3.8, 4) is 5.75 Å². The quantitative estimate of drug-likeness (QED) is 0.687. The molecule has 0 aliphatic heterocycles. The number of benzene rings is 1. The van der Waals surface area contributed by atoms with Crippen LogP contribution in [0, 0.1) is 0 Å². The van der Waals surface area contributed by atoms with Crippen LogP contribution in [0.15, 0.2) is 24.3 Å². The van der Waals surface area contributed by atoms with Crippen molar-refractivity contribution in [2.45, 2.75) is 19.4 Å². The van der Waals surface area contributed by atoms with Gasteiger partial charge in [-0.15, -0.1) is 0 Å². The first-order valence-electron chi connectivity index (χ1n) is 6.42. The van der Waals surface area contributed by atoms with Gasteiger partial charge in [0, 0.05) is 5.02 Å². The molecule has 0 aliphatic carbocycles. The highest BCUT2D eigenvalue weighted by Gasteiger charge is 2.30. The Hall–Kier alpha value is -2.28. The van der Waals surface area contributed by atoms with Crippen molar-refractivity contribution in [3.63, 3.8) is 0 Å². The standard InChI is InChI=1S/C14H17ClN2O5/c1-14(2,22-10-5-3-9(15)4-6-10)13(21)17-7-11(18)16-8-12(19)20/h3-6H,7-8H2,1-2H3,(H,16,18)(H,17,21)(H,19,20). The van der Waals surface area contributed by atoms with E-state index in [9.17, 15) is 14.4 Å². The van der Waals surface area contributed by atoms with Crippen LogP contribution in [-0.2, 0) is 14.4 Å². The molecule has 1 aromatic rings. The van der Waals surface area contributed by atoms with E-state index in [2.05, 4.69) is 10.6 Å². The molecule has 0 heterocycles. The number of nitrogens with one attached hydrogen (secondary N) is 2. The van der Waals surface area contributed by atoms with E-state index >= 15 is 0 Å². The SMILES string of the molecule is CC(C)(Oc1ccc(Cl)cc1)C(=O)NCC(=O)NCC(=O)O. The maximum atomic E-state index is 12.0. The second-order valence-corrected chi connectivity index (χ2v) is 5.36. The molecule has 0 aromatic heterocycles. The van der Waals surface area contributed by atoms with Gasteiger partial charge in [0.15, 0.2) is 5.60 Å². The molecule has 0 aliphatic rings. The summed E-state index contributed by atoms with van der Waals surface area (Å²) in [7, 11) is 0. The van der Waals surface area contributed by atoms with Gasteiger partial charge < -0.3 is 20.5 Å². The van der Waals surface area contributed by atoms with E-state index in [1.165, 1.54) is 0 Å². The van der Waals surface area contributed by atoms with Gasteiger partial charge in [-0.2, -0.15) is 0 Å². The number of halogens is 1. The van der Waals surface area contributed by atoms with Crippen LogP contribution in [0.4, 0.5) is 0 Å². The smallest absolute Gasteiger partial charge is 0.322 e. The van der Waals surface area contributed by atoms with Gasteiger partial charge in [0.2, 0.25) is 5.91 Å². The fourth-order valence-corrected chi connectivity index (χ4v) is 1.58. The number of amides is 2. The van der Waals surface area contributed by atoms with E-state index in [-0.39, 0.29) is 6.54 Å². The summed E-state index contributed by atoms with van der Waals surface area (Å²) in [6.45, 7) is 2.26. The number of carbonyl (C=O) groups excluding carboxylic acids is 2. The Bertz CT molecular complexity index is 557. The topological polar surface area (TPSA) is 105 Å². The summed E-state index contributed by atoms with van der Waals surface area (Å²) in [6.07, 6.45) is 0. The molecule has 3 N–H and O–H groups in total. The minimum Gasteiger partial charge on any atom is -0.480 e. The van der Waals surface area contributed by atoms with E-state index in [0.717, 1.165) is 0 Å². The number of carbonyl (C=O) groups is 3. The molecule has 0 saturated carbocycles. The molecule has 120 valence electrons. The first-order chi connectivity index (χ1) is 10.2. The monoisotopic (exact) mass is 328 g/mol. The molecule has 0 atom stereocenters. The Balaban J connectivity index is 2.50. The number of carboxylic acids is 1. The molecular weight excluding hydrogens is 312 g/mol. The minimum atomic E-state index is -1.21. The van der Waals surface area contributed by atoms with Crippen molar-refractivity contribution >= 4 is 29.4 Å². The number of carboxylic acid groups (broad SMARTS) is 1. The van der Waals surface area contributed by atoms with Crippen LogP contribution in [0.2, 0.25) is 5.02 Å². The van der Waals surface area contributed by atoms with Crippen molar-refractivity contribution in [3.05, 3.63) is 29.3 Å². The molecule has 2 amide bonds. The summed E-state index contributed by atoms with van der Waals surface area (Å²) < 4.78 is 5.55. The van der Waals surface area contributed by atoms with Gasteiger partial charge >= 0.3 is 5.97 Å². The maximum Gasteiger partial charge on any atom is 0.322 e. The first kappa shape index (κ1) is 17.8. The van der Waals surface area contributed by atoms with Gasteiger partial charge in [-0.1, -0.05) is 11.6 Å². The summed E-state index contributed by atoms with van der Waals surface area (Å²) in [5.74, 6) is -1.81. The molecule has 0 saturated heterocycles. The second kappa shape index (κ2) is 7.65.